The largest absolute Gasteiger partial charge is 0.452 e. The minimum Gasteiger partial charge on any atom is -0.452 e. The van der Waals surface area contributed by atoms with Gasteiger partial charge in [0, 0.05) is 25.2 Å². The van der Waals surface area contributed by atoms with Crippen molar-refractivity contribution < 1.29 is 19.2 Å². The molecule has 0 saturated heterocycles. The smallest absolute Gasteiger partial charge is 0.338 e. The van der Waals surface area contributed by atoms with Gasteiger partial charge in [0.05, 0.1) is 10.5 Å². The quantitative estimate of drug-likeness (QED) is 0.297. The Morgan fingerprint density at radius 1 is 0.839 bits per heavy atom. The predicted octanol–water partition coefficient (Wildman–Crippen LogP) is 4.02. The fraction of sp³-hybridized carbons (Fsp3) is 0.167. The fourth-order valence-electron chi connectivity index (χ4n) is 3.03. The Kier molecular flexibility index (Phi) is 7.48. The number of hydrogen-bond acceptors (Lipinski definition) is 5. The summed E-state index contributed by atoms with van der Waals surface area (Å²) in [5.74, 6) is -1.01. The molecule has 0 aromatic heterocycles. The lowest BCUT2D eigenvalue weighted by atomic mass is 10.1. The molecule has 3 rings (SSSR count). The highest BCUT2D eigenvalue weighted by atomic mass is 16.6. The molecule has 0 fully saturated rings. The molecular formula is C24H22N2O5. The van der Waals surface area contributed by atoms with Gasteiger partial charge in [-0.15, -0.1) is 0 Å². The topological polar surface area (TPSA) is 89.8 Å². The normalized spacial score (nSPS) is 10.3. The molecule has 0 saturated carbocycles. The maximum atomic E-state index is 12.8. The Hall–Kier alpha value is -4.00. The van der Waals surface area contributed by atoms with Gasteiger partial charge in [0.2, 0.25) is 0 Å². The van der Waals surface area contributed by atoms with Crippen LogP contribution in [0.15, 0.2) is 84.9 Å². The molecule has 0 heterocycles. The molecule has 0 spiro atoms. The van der Waals surface area contributed by atoms with Gasteiger partial charge in [-0.2, -0.15) is 0 Å². The fourth-order valence-corrected chi connectivity index (χ4v) is 3.03. The summed E-state index contributed by atoms with van der Waals surface area (Å²) in [6.07, 6.45) is 0.676. The molecule has 3 aromatic carbocycles. The van der Waals surface area contributed by atoms with Gasteiger partial charge in [0.1, 0.15) is 0 Å². The molecule has 0 N–H and O–H groups in total. The average molecular weight is 418 g/mol. The van der Waals surface area contributed by atoms with Gasteiger partial charge in [0.15, 0.2) is 6.61 Å². The summed E-state index contributed by atoms with van der Waals surface area (Å²) in [5, 5.41) is 10.7. The van der Waals surface area contributed by atoms with Gasteiger partial charge >= 0.3 is 5.97 Å². The lowest BCUT2D eigenvalue weighted by molar-refractivity contribution is -0.384. The number of nitrogens with zero attached hydrogens (tertiary/aromatic N) is 2. The van der Waals surface area contributed by atoms with Crippen LogP contribution in [0.25, 0.3) is 0 Å². The van der Waals surface area contributed by atoms with E-state index in [1.165, 1.54) is 24.3 Å². The predicted molar refractivity (Wildman–Crippen MR) is 115 cm³/mol. The van der Waals surface area contributed by atoms with Gasteiger partial charge in [-0.25, -0.2) is 4.79 Å². The Bertz CT molecular complexity index is 1020. The van der Waals surface area contributed by atoms with Crippen molar-refractivity contribution in [3.8, 4) is 0 Å². The summed E-state index contributed by atoms with van der Waals surface area (Å²) in [7, 11) is 0. The van der Waals surface area contributed by atoms with E-state index in [0.29, 0.717) is 19.5 Å². The summed E-state index contributed by atoms with van der Waals surface area (Å²) in [6, 6.07) is 24.5. The molecule has 7 heteroatoms. The molecular weight excluding hydrogens is 396 g/mol. The molecule has 0 atom stereocenters. The highest BCUT2D eigenvalue weighted by Crippen LogP contribution is 2.13. The second kappa shape index (κ2) is 10.7. The number of esters is 1. The summed E-state index contributed by atoms with van der Waals surface area (Å²) in [6.45, 7) is 0.478. The molecule has 0 unspecified atom stereocenters. The number of hydrogen-bond donors (Lipinski definition) is 0. The minimum absolute atomic E-state index is 0.123. The zero-order valence-corrected chi connectivity index (χ0v) is 16.8. The second-order valence-electron chi connectivity index (χ2n) is 6.92. The number of non-ortho nitro benzene ring substituents is 1. The Morgan fingerprint density at radius 2 is 1.42 bits per heavy atom. The van der Waals surface area contributed by atoms with E-state index in [2.05, 4.69) is 0 Å². The van der Waals surface area contributed by atoms with Crippen LogP contribution >= 0.6 is 0 Å². The van der Waals surface area contributed by atoms with E-state index < -0.39 is 17.5 Å². The summed E-state index contributed by atoms with van der Waals surface area (Å²) < 4.78 is 5.16. The molecule has 158 valence electrons. The van der Waals surface area contributed by atoms with Crippen molar-refractivity contribution in [3.63, 3.8) is 0 Å². The van der Waals surface area contributed by atoms with E-state index in [-0.39, 0.29) is 17.2 Å². The second-order valence-corrected chi connectivity index (χ2v) is 6.92. The number of nitro benzene ring substituents is 1. The molecule has 31 heavy (non-hydrogen) atoms. The van der Waals surface area contributed by atoms with Crippen molar-refractivity contribution in [2.75, 3.05) is 13.2 Å². The summed E-state index contributed by atoms with van der Waals surface area (Å²) in [5.41, 5.74) is 2.11. The van der Waals surface area contributed by atoms with Crippen LogP contribution in [0.4, 0.5) is 5.69 Å². The van der Waals surface area contributed by atoms with Gasteiger partial charge in [-0.1, -0.05) is 60.7 Å². The standard InChI is InChI=1S/C24H22N2O5/c27-23(18-31-24(28)21-11-13-22(14-12-21)26(29)30)25(17-20-9-5-2-6-10-20)16-15-19-7-3-1-4-8-19/h1-14H,15-18H2. The van der Waals surface area contributed by atoms with Crippen molar-refractivity contribution in [1.29, 1.82) is 0 Å². The highest BCUT2D eigenvalue weighted by Gasteiger charge is 2.18. The number of nitro groups is 1. The van der Waals surface area contributed by atoms with E-state index in [0.717, 1.165) is 11.1 Å². The molecule has 0 bridgehead atoms. The van der Waals surface area contributed by atoms with Crippen LogP contribution in [0.1, 0.15) is 21.5 Å². The van der Waals surface area contributed by atoms with Crippen LogP contribution in [0.5, 0.6) is 0 Å². The van der Waals surface area contributed by atoms with Gasteiger partial charge in [0.25, 0.3) is 11.6 Å². The monoisotopic (exact) mass is 418 g/mol. The molecule has 0 aliphatic rings. The van der Waals surface area contributed by atoms with Crippen LogP contribution in [0.2, 0.25) is 0 Å². The van der Waals surface area contributed by atoms with Crippen LogP contribution in [-0.2, 0) is 22.5 Å². The van der Waals surface area contributed by atoms with Crippen LogP contribution < -0.4 is 0 Å². The van der Waals surface area contributed by atoms with Crippen LogP contribution in [0.3, 0.4) is 0 Å². The minimum atomic E-state index is -0.703. The number of amides is 1. The van der Waals surface area contributed by atoms with Crippen molar-refractivity contribution >= 4 is 17.6 Å². The first-order valence-corrected chi connectivity index (χ1v) is 9.80. The van der Waals surface area contributed by atoms with Crippen molar-refractivity contribution in [2.24, 2.45) is 0 Å². The van der Waals surface area contributed by atoms with E-state index in [4.69, 9.17) is 4.74 Å². The molecule has 1 amide bonds. The van der Waals surface area contributed by atoms with Crippen molar-refractivity contribution in [1.82, 2.24) is 4.90 Å². The van der Waals surface area contributed by atoms with E-state index in [1.54, 1.807) is 4.90 Å². The maximum absolute atomic E-state index is 12.8. The zero-order chi connectivity index (χ0) is 22.1. The van der Waals surface area contributed by atoms with E-state index in [1.807, 2.05) is 60.7 Å². The third kappa shape index (κ3) is 6.50. The Balaban J connectivity index is 1.62. The van der Waals surface area contributed by atoms with Gasteiger partial charge in [-0.3, -0.25) is 14.9 Å². The highest BCUT2D eigenvalue weighted by molar-refractivity contribution is 5.91. The Morgan fingerprint density at radius 3 is 2.00 bits per heavy atom. The lowest BCUT2D eigenvalue weighted by Gasteiger charge is -2.23. The summed E-state index contributed by atoms with van der Waals surface area (Å²) in [4.78, 5) is 36.9. The zero-order valence-electron chi connectivity index (χ0n) is 16.8. The first-order valence-electron chi connectivity index (χ1n) is 9.80. The van der Waals surface area contributed by atoms with Crippen LogP contribution in [-0.4, -0.2) is 34.9 Å². The van der Waals surface area contributed by atoms with Crippen molar-refractivity contribution in [2.45, 2.75) is 13.0 Å². The number of carbonyl (C=O) groups excluding carboxylic acids is 2. The summed E-state index contributed by atoms with van der Waals surface area (Å²) >= 11 is 0. The molecule has 0 aliphatic carbocycles. The van der Waals surface area contributed by atoms with Crippen molar-refractivity contribution in [3.05, 3.63) is 112 Å². The molecule has 3 aromatic rings. The number of benzene rings is 3. The number of ether oxygens (including phenoxy) is 1. The van der Waals surface area contributed by atoms with Gasteiger partial charge < -0.3 is 9.64 Å². The van der Waals surface area contributed by atoms with E-state index in [9.17, 15) is 19.7 Å². The van der Waals surface area contributed by atoms with Gasteiger partial charge in [-0.05, 0) is 29.7 Å². The first kappa shape index (κ1) is 21.7. The maximum Gasteiger partial charge on any atom is 0.338 e. The molecule has 0 aliphatic heterocycles. The van der Waals surface area contributed by atoms with Crippen LogP contribution in [0, 0.1) is 10.1 Å². The average Bonchev–Trinajstić information content (AvgIpc) is 2.81. The number of rotatable bonds is 9. The number of carbonyl (C=O) groups is 2. The molecule has 7 nitrogen and oxygen atoms in total. The third-order valence-electron chi connectivity index (χ3n) is 4.72. The van der Waals surface area contributed by atoms with E-state index >= 15 is 0 Å². The first-order chi connectivity index (χ1) is 15.0. The Labute approximate surface area is 180 Å². The lowest BCUT2D eigenvalue weighted by Crippen LogP contribution is -2.35. The molecule has 0 radical (unpaired) electrons. The SMILES string of the molecule is O=C(OCC(=O)N(CCc1ccccc1)Cc1ccccc1)c1ccc([N+](=O)[O-])cc1. The third-order valence-corrected chi connectivity index (χ3v) is 4.72.